The first-order valence-corrected chi connectivity index (χ1v) is 19.8. The number of hydrogen-bond acceptors (Lipinski definition) is 7. The largest absolute Gasteiger partial charge is 0.455 e. The molecule has 1 aliphatic rings. The number of hydrogen-bond donors (Lipinski definition) is 2. The molecular formula is C44H46N4O4S. The van der Waals surface area contributed by atoms with Crippen molar-refractivity contribution in [2.75, 3.05) is 16.3 Å². The van der Waals surface area contributed by atoms with Gasteiger partial charge in [-0.15, -0.1) is 0 Å². The summed E-state index contributed by atoms with van der Waals surface area (Å²) >= 11 is 0. The van der Waals surface area contributed by atoms with E-state index in [9.17, 15) is 13.2 Å². The van der Waals surface area contributed by atoms with Gasteiger partial charge in [0, 0.05) is 33.8 Å². The predicted octanol–water partition coefficient (Wildman–Crippen LogP) is 11.2. The maximum Gasteiger partial charge on any atom is 0.229 e. The molecule has 0 spiro atoms. The number of para-hydroxylation sites is 2. The molecule has 8 nitrogen and oxygen atoms in total. The maximum absolute atomic E-state index is 14.4. The number of carbonyl (C=O) groups is 1. The highest BCUT2D eigenvalue weighted by atomic mass is 32.2. The number of aromatic nitrogens is 2. The SMILES string of the molecule is CC.CC(C)(C)CC(C)(C)c1ccc(Oc2cc(Nc3ccccc3)c3c4c(nc(-c5ccccc5NS(C)(=O)=O)nc24)-c2ccccc2C3=O)cc1. The number of ketones is 1. The molecule has 1 aliphatic carbocycles. The van der Waals surface area contributed by atoms with Crippen molar-refractivity contribution in [3.8, 4) is 34.1 Å². The van der Waals surface area contributed by atoms with Crippen LogP contribution in [0.15, 0.2) is 109 Å². The van der Waals surface area contributed by atoms with Crippen LogP contribution < -0.4 is 14.8 Å². The number of nitrogens with one attached hydrogen (secondary N) is 2. The van der Waals surface area contributed by atoms with Gasteiger partial charge >= 0.3 is 0 Å². The molecule has 0 amide bonds. The zero-order valence-electron chi connectivity index (χ0n) is 31.5. The van der Waals surface area contributed by atoms with Gasteiger partial charge in [0.15, 0.2) is 17.4 Å². The minimum atomic E-state index is -3.61. The van der Waals surface area contributed by atoms with Crippen LogP contribution in [-0.2, 0) is 15.4 Å². The monoisotopic (exact) mass is 726 g/mol. The summed E-state index contributed by atoms with van der Waals surface area (Å²) in [7, 11) is -3.61. The molecule has 0 atom stereocenters. The molecule has 0 saturated carbocycles. The highest BCUT2D eigenvalue weighted by Gasteiger charge is 2.33. The Morgan fingerprint density at radius 1 is 0.717 bits per heavy atom. The number of rotatable bonds is 9. The topological polar surface area (TPSA) is 110 Å². The number of carbonyl (C=O) groups excluding carboxylic acids is 1. The fourth-order valence-electron chi connectivity index (χ4n) is 7.20. The molecule has 1 heterocycles. The lowest BCUT2D eigenvalue weighted by Gasteiger charge is -2.33. The van der Waals surface area contributed by atoms with Gasteiger partial charge in [-0.3, -0.25) is 9.52 Å². The van der Waals surface area contributed by atoms with Gasteiger partial charge in [0.1, 0.15) is 11.3 Å². The average Bonchev–Trinajstić information content (AvgIpc) is 3.11. The van der Waals surface area contributed by atoms with E-state index in [0.717, 1.165) is 18.4 Å². The summed E-state index contributed by atoms with van der Waals surface area (Å²) in [6.45, 7) is 15.3. The number of fused-ring (bicyclic) bond motifs is 2. The van der Waals surface area contributed by atoms with Crippen molar-refractivity contribution in [1.29, 1.82) is 0 Å². The Morgan fingerprint density at radius 2 is 1.32 bits per heavy atom. The number of benzene rings is 5. The van der Waals surface area contributed by atoms with E-state index in [1.807, 2.05) is 80.6 Å². The fourth-order valence-corrected chi connectivity index (χ4v) is 7.78. The van der Waals surface area contributed by atoms with Gasteiger partial charge in [-0.05, 0) is 59.2 Å². The number of anilines is 3. The number of sulfonamides is 1. The molecule has 1 aromatic heterocycles. The summed E-state index contributed by atoms with van der Waals surface area (Å²) in [6.07, 6.45) is 2.11. The Hall–Kier alpha value is -5.54. The highest BCUT2D eigenvalue weighted by molar-refractivity contribution is 7.92. The second kappa shape index (κ2) is 14.5. The van der Waals surface area contributed by atoms with Crippen LogP contribution in [0.25, 0.3) is 33.5 Å². The molecule has 272 valence electrons. The predicted molar refractivity (Wildman–Crippen MR) is 217 cm³/mol. The Kier molecular flexibility index (Phi) is 10.2. The summed E-state index contributed by atoms with van der Waals surface area (Å²) in [5.41, 5.74) is 6.08. The lowest BCUT2D eigenvalue weighted by molar-refractivity contribution is 0.104. The van der Waals surface area contributed by atoms with Crippen molar-refractivity contribution in [3.05, 3.63) is 126 Å². The smallest absolute Gasteiger partial charge is 0.229 e. The van der Waals surface area contributed by atoms with Crippen molar-refractivity contribution < 1.29 is 17.9 Å². The Bertz CT molecular complexity index is 2420. The molecule has 53 heavy (non-hydrogen) atoms. The van der Waals surface area contributed by atoms with Gasteiger partial charge in [-0.1, -0.05) is 115 Å². The molecule has 0 aliphatic heterocycles. The van der Waals surface area contributed by atoms with E-state index in [-0.39, 0.29) is 22.4 Å². The molecule has 7 rings (SSSR count). The molecule has 0 saturated heterocycles. The van der Waals surface area contributed by atoms with E-state index in [1.54, 1.807) is 30.3 Å². The van der Waals surface area contributed by atoms with Gasteiger partial charge in [0.2, 0.25) is 10.0 Å². The van der Waals surface area contributed by atoms with Crippen LogP contribution in [0.2, 0.25) is 0 Å². The van der Waals surface area contributed by atoms with Crippen LogP contribution >= 0.6 is 0 Å². The van der Waals surface area contributed by atoms with Crippen LogP contribution in [0.4, 0.5) is 17.1 Å². The lowest BCUT2D eigenvalue weighted by Crippen LogP contribution is -2.24. The zero-order chi connectivity index (χ0) is 38.1. The first-order chi connectivity index (χ1) is 25.2. The molecular weight excluding hydrogens is 681 g/mol. The third kappa shape index (κ3) is 7.95. The van der Waals surface area contributed by atoms with E-state index in [0.29, 0.717) is 61.7 Å². The second-order valence-corrected chi connectivity index (χ2v) is 16.7. The van der Waals surface area contributed by atoms with Crippen molar-refractivity contribution in [1.82, 2.24) is 9.97 Å². The van der Waals surface area contributed by atoms with Crippen LogP contribution in [-0.4, -0.2) is 30.4 Å². The number of nitrogens with zero attached hydrogens (tertiary/aromatic N) is 2. The molecule has 2 N–H and O–H groups in total. The Labute approximate surface area is 312 Å². The van der Waals surface area contributed by atoms with Crippen LogP contribution in [0.1, 0.15) is 76.4 Å². The Balaban J connectivity index is 0.00000236. The normalized spacial score (nSPS) is 12.4. The van der Waals surface area contributed by atoms with Gasteiger partial charge < -0.3 is 10.1 Å². The van der Waals surface area contributed by atoms with E-state index >= 15 is 0 Å². The summed E-state index contributed by atoms with van der Waals surface area (Å²) in [5.74, 6) is 1.15. The average molecular weight is 727 g/mol. The Morgan fingerprint density at radius 3 is 1.96 bits per heavy atom. The van der Waals surface area contributed by atoms with Crippen LogP contribution in [0.3, 0.4) is 0 Å². The minimum Gasteiger partial charge on any atom is -0.455 e. The summed E-state index contributed by atoms with van der Waals surface area (Å²) in [4.78, 5) is 24.4. The summed E-state index contributed by atoms with van der Waals surface area (Å²) in [6, 6.07) is 34.0. The first kappa shape index (κ1) is 37.2. The van der Waals surface area contributed by atoms with E-state index < -0.39 is 10.0 Å². The zero-order valence-corrected chi connectivity index (χ0v) is 32.4. The summed E-state index contributed by atoms with van der Waals surface area (Å²) < 4.78 is 34.0. The molecule has 0 fully saturated rings. The van der Waals surface area contributed by atoms with Crippen molar-refractivity contribution >= 4 is 43.8 Å². The molecule has 0 bridgehead atoms. The number of ether oxygens (including phenoxy) is 1. The standard InChI is InChI=1S/C42H40N4O4S.C2H6/c1-41(2,3)25-42(4,5)26-20-22-28(23-21-26)50-34-24-33(43-27-14-8-7-9-15-27)35-36-37(29-16-10-11-17-30(29)39(35)47)44-40(45-38(34)36)31-18-12-13-19-32(31)46-51(6,48)49;1-2/h7-24,43,46H,25H2,1-6H3;1-2H3. The third-order valence-electron chi connectivity index (χ3n) is 8.94. The van der Waals surface area contributed by atoms with Crippen molar-refractivity contribution in [2.24, 2.45) is 5.41 Å². The quantitative estimate of drug-likeness (QED) is 0.152. The molecule has 0 unspecified atom stereocenters. The van der Waals surface area contributed by atoms with Crippen LogP contribution in [0.5, 0.6) is 11.5 Å². The van der Waals surface area contributed by atoms with Gasteiger partial charge in [0.05, 0.1) is 28.9 Å². The molecule has 5 aromatic carbocycles. The highest BCUT2D eigenvalue weighted by Crippen LogP contribution is 2.47. The fraction of sp³-hybridized carbons (Fsp3) is 0.250. The van der Waals surface area contributed by atoms with E-state index in [1.165, 1.54) is 5.56 Å². The molecule has 6 aromatic rings. The lowest BCUT2D eigenvalue weighted by atomic mass is 9.72. The first-order valence-electron chi connectivity index (χ1n) is 17.9. The van der Waals surface area contributed by atoms with Gasteiger partial charge in [-0.2, -0.15) is 0 Å². The molecule has 9 heteroatoms. The summed E-state index contributed by atoms with van der Waals surface area (Å²) in [5, 5.41) is 4.01. The van der Waals surface area contributed by atoms with E-state index in [2.05, 4.69) is 56.8 Å². The molecule has 0 radical (unpaired) electrons. The van der Waals surface area contributed by atoms with Gasteiger partial charge in [-0.25, -0.2) is 18.4 Å². The van der Waals surface area contributed by atoms with Crippen LogP contribution in [0, 0.1) is 5.41 Å². The minimum absolute atomic E-state index is 0.0485. The van der Waals surface area contributed by atoms with E-state index in [4.69, 9.17) is 14.7 Å². The second-order valence-electron chi connectivity index (χ2n) is 14.9. The van der Waals surface area contributed by atoms with Crippen molar-refractivity contribution in [3.63, 3.8) is 0 Å². The maximum atomic E-state index is 14.4. The third-order valence-corrected chi connectivity index (χ3v) is 9.53. The van der Waals surface area contributed by atoms with Gasteiger partial charge in [0.25, 0.3) is 0 Å². The van der Waals surface area contributed by atoms with Crippen molar-refractivity contribution in [2.45, 2.75) is 60.3 Å².